The number of nitrogens with zero attached hydrogens (tertiary/aromatic N) is 2. The zero-order chi connectivity index (χ0) is 19.4. The van der Waals surface area contributed by atoms with E-state index in [-0.39, 0.29) is 30.0 Å². The van der Waals surface area contributed by atoms with Crippen LogP contribution < -0.4 is 5.32 Å². The van der Waals surface area contributed by atoms with E-state index in [0.29, 0.717) is 15.8 Å². The van der Waals surface area contributed by atoms with Gasteiger partial charge in [0.05, 0.1) is 24.4 Å². The maximum Gasteiger partial charge on any atom is 0.293 e. The van der Waals surface area contributed by atoms with Gasteiger partial charge in [-0.15, -0.1) is 11.3 Å². The van der Waals surface area contributed by atoms with Crippen LogP contribution in [0.3, 0.4) is 0 Å². The SMILES string of the molecule is CC(c1cccc(Cl)c1)N(C)C(=O)Cc1csc(NC(=O)c2ccco2)n1. The van der Waals surface area contributed by atoms with Gasteiger partial charge in [0.25, 0.3) is 5.91 Å². The summed E-state index contributed by atoms with van der Waals surface area (Å²) in [6.07, 6.45) is 1.58. The number of anilines is 1. The van der Waals surface area contributed by atoms with Crippen molar-refractivity contribution in [2.24, 2.45) is 0 Å². The zero-order valence-electron chi connectivity index (χ0n) is 14.8. The van der Waals surface area contributed by atoms with Crippen LogP contribution in [0, 0.1) is 0 Å². The van der Waals surface area contributed by atoms with E-state index in [0.717, 1.165) is 5.56 Å². The summed E-state index contributed by atoms with van der Waals surface area (Å²) in [5, 5.41) is 5.47. The molecule has 1 N–H and O–H groups in total. The molecule has 0 radical (unpaired) electrons. The van der Waals surface area contributed by atoms with E-state index < -0.39 is 0 Å². The number of benzene rings is 1. The van der Waals surface area contributed by atoms with Crippen molar-refractivity contribution in [1.29, 1.82) is 0 Å². The highest BCUT2D eigenvalue weighted by Gasteiger charge is 2.19. The summed E-state index contributed by atoms with van der Waals surface area (Å²) in [6.45, 7) is 1.94. The van der Waals surface area contributed by atoms with Crippen LogP contribution in [-0.2, 0) is 11.2 Å². The maximum atomic E-state index is 12.6. The number of furan rings is 1. The molecule has 1 atom stereocenters. The van der Waals surface area contributed by atoms with Crippen molar-refractivity contribution in [3.8, 4) is 0 Å². The van der Waals surface area contributed by atoms with Crippen molar-refractivity contribution in [3.05, 3.63) is 70.1 Å². The molecule has 140 valence electrons. The Morgan fingerprint density at radius 2 is 2.15 bits per heavy atom. The first kappa shape index (κ1) is 19.1. The number of halogens is 1. The standard InChI is InChI=1S/C19H18ClN3O3S/c1-12(13-5-3-6-14(20)9-13)23(2)17(24)10-15-11-27-19(21-15)22-18(25)16-7-4-8-26-16/h3-9,11-12H,10H2,1-2H3,(H,21,22,25). The van der Waals surface area contributed by atoms with E-state index in [1.54, 1.807) is 35.5 Å². The second-order valence-corrected chi connectivity index (χ2v) is 7.28. The minimum Gasteiger partial charge on any atom is -0.459 e. The predicted molar refractivity (Wildman–Crippen MR) is 105 cm³/mol. The zero-order valence-corrected chi connectivity index (χ0v) is 16.4. The van der Waals surface area contributed by atoms with Gasteiger partial charge in [-0.2, -0.15) is 0 Å². The van der Waals surface area contributed by atoms with Crippen molar-refractivity contribution < 1.29 is 14.0 Å². The normalized spacial score (nSPS) is 11.8. The van der Waals surface area contributed by atoms with E-state index in [4.69, 9.17) is 16.0 Å². The Labute approximate surface area is 165 Å². The molecule has 3 aromatic rings. The Hall–Kier alpha value is -2.64. The van der Waals surface area contributed by atoms with Crippen LogP contribution in [-0.4, -0.2) is 28.7 Å². The van der Waals surface area contributed by atoms with Gasteiger partial charge in [-0.25, -0.2) is 4.98 Å². The molecule has 0 saturated heterocycles. The number of amides is 2. The summed E-state index contributed by atoms with van der Waals surface area (Å²) in [5.74, 6) is -0.242. The summed E-state index contributed by atoms with van der Waals surface area (Å²) in [4.78, 5) is 30.5. The Kier molecular flexibility index (Phi) is 5.93. The topological polar surface area (TPSA) is 75.4 Å². The fraction of sp³-hybridized carbons (Fsp3) is 0.211. The largest absolute Gasteiger partial charge is 0.459 e. The monoisotopic (exact) mass is 403 g/mol. The molecule has 1 unspecified atom stereocenters. The highest BCUT2D eigenvalue weighted by atomic mass is 35.5. The summed E-state index contributed by atoms with van der Waals surface area (Å²) in [7, 11) is 1.75. The first-order valence-electron chi connectivity index (χ1n) is 8.24. The van der Waals surface area contributed by atoms with Gasteiger partial charge in [-0.3, -0.25) is 14.9 Å². The number of rotatable bonds is 6. The van der Waals surface area contributed by atoms with Crippen LogP contribution in [0.25, 0.3) is 0 Å². The number of thiazole rings is 1. The fourth-order valence-corrected chi connectivity index (χ4v) is 3.40. The summed E-state index contributed by atoms with van der Waals surface area (Å²) in [5.41, 5.74) is 1.56. The summed E-state index contributed by atoms with van der Waals surface area (Å²) >= 11 is 7.29. The van der Waals surface area contributed by atoms with Crippen LogP contribution in [0.4, 0.5) is 5.13 Å². The van der Waals surface area contributed by atoms with Crippen molar-refractivity contribution in [3.63, 3.8) is 0 Å². The highest BCUT2D eigenvalue weighted by molar-refractivity contribution is 7.14. The molecule has 1 aromatic carbocycles. The minimum atomic E-state index is -0.376. The van der Waals surface area contributed by atoms with Crippen molar-refractivity contribution in [2.45, 2.75) is 19.4 Å². The molecule has 6 nitrogen and oxygen atoms in total. The summed E-state index contributed by atoms with van der Waals surface area (Å²) < 4.78 is 5.04. The Balaban J connectivity index is 1.61. The van der Waals surface area contributed by atoms with Crippen LogP contribution in [0.15, 0.2) is 52.5 Å². The number of carbonyl (C=O) groups excluding carboxylic acids is 2. The third kappa shape index (κ3) is 4.75. The predicted octanol–water partition coefficient (Wildman–Crippen LogP) is 4.40. The molecule has 0 aliphatic rings. The molecule has 0 bridgehead atoms. The lowest BCUT2D eigenvalue weighted by atomic mass is 10.1. The molecule has 0 aliphatic heterocycles. The molecule has 2 heterocycles. The van der Waals surface area contributed by atoms with Crippen LogP contribution in [0.5, 0.6) is 0 Å². The smallest absolute Gasteiger partial charge is 0.293 e. The van der Waals surface area contributed by atoms with Gasteiger partial charge in [0.1, 0.15) is 0 Å². The van der Waals surface area contributed by atoms with E-state index in [1.807, 2.05) is 25.1 Å². The number of hydrogen-bond donors (Lipinski definition) is 1. The minimum absolute atomic E-state index is 0.0725. The second kappa shape index (κ2) is 8.37. The van der Waals surface area contributed by atoms with Gasteiger partial charge in [0.15, 0.2) is 10.9 Å². The number of carbonyl (C=O) groups is 2. The average Bonchev–Trinajstić information content (AvgIpc) is 3.32. The Morgan fingerprint density at radius 1 is 1.33 bits per heavy atom. The highest BCUT2D eigenvalue weighted by Crippen LogP contribution is 2.23. The van der Waals surface area contributed by atoms with Crippen molar-refractivity contribution in [2.75, 3.05) is 12.4 Å². The number of nitrogens with one attached hydrogen (secondary N) is 1. The third-order valence-corrected chi connectivity index (χ3v) is 5.20. The Bertz CT molecular complexity index is 939. The number of likely N-dealkylation sites (N-methyl/N-ethyl adjacent to an activating group) is 1. The van der Waals surface area contributed by atoms with Crippen molar-refractivity contribution >= 4 is 39.9 Å². The lowest BCUT2D eigenvalue weighted by Gasteiger charge is -2.25. The third-order valence-electron chi connectivity index (χ3n) is 4.15. The fourth-order valence-electron chi connectivity index (χ4n) is 2.50. The van der Waals surface area contributed by atoms with Gasteiger partial charge in [-0.1, -0.05) is 23.7 Å². The van der Waals surface area contributed by atoms with Gasteiger partial charge < -0.3 is 9.32 Å². The van der Waals surface area contributed by atoms with Gasteiger partial charge in [0, 0.05) is 17.5 Å². The van der Waals surface area contributed by atoms with E-state index in [1.165, 1.54) is 17.6 Å². The Morgan fingerprint density at radius 3 is 2.85 bits per heavy atom. The van der Waals surface area contributed by atoms with Crippen LogP contribution >= 0.6 is 22.9 Å². The van der Waals surface area contributed by atoms with E-state index in [9.17, 15) is 9.59 Å². The first-order valence-corrected chi connectivity index (χ1v) is 9.50. The van der Waals surface area contributed by atoms with E-state index >= 15 is 0 Å². The summed E-state index contributed by atoms with van der Waals surface area (Å²) in [6, 6.07) is 10.5. The molecule has 2 aromatic heterocycles. The number of hydrogen-bond acceptors (Lipinski definition) is 5. The molecule has 0 spiro atoms. The molecule has 3 rings (SSSR count). The van der Waals surface area contributed by atoms with Crippen LogP contribution in [0.1, 0.15) is 34.8 Å². The van der Waals surface area contributed by atoms with Gasteiger partial charge in [0.2, 0.25) is 5.91 Å². The molecular formula is C19H18ClN3O3S. The molecule has 8 heteroatoms. The molecule has 0 fully saturated rings. The van der Waals surface area contributed by atoms with Crippen LogP contribution in [0.2, 0.25) is 5.02 Å². The average molecular weight is 404 g/mol. The van der Waals surface area contributed by atoms with E-state index in [2.05, 4.69) is 10.3 Å². The van der Waals surface area contributed by atoms with Crippen molar-refractivity contribution in [1.82, 2.24) is 9.88 Å². The molecular weight excluding hydrogens is 386 g/mol. The molecule has 0 aliphatic carbocycles. The molecule has 2 amide bonds. The second-order valence-electron chi connectivity index (χ2n) is 5.99. The lowest BCUT2D eigenvalue weighted by molar-refractivity contribution is -0.131. The molecule has 27 heavy (non-hydrogen) atoms. The first-order chi connectivity index (χ1) is 12.9. The van der Waals surface area contributed by atoms with Gasteiger partial charge >= 0.3 is 0 Å². The van der Waals surface area contributed by atoms with Gasteiger partial charge in [-0.05, 0) is 36.8 Å². The molecule has 0 saturated carbocycles. The lowest BCUT2D eigenvalue weighted by Crippen LogP contribution is -2.31. The quantitative estimate of drug-likeness (QED) is 0.661. The maximum absolute atomic E-state index is 12.6. The number of aromatic nitrogens is 1.